The number of nitrogens with two attached hydrogens (primary N) is 1. The smallest absolute Gasteiger partial charge is 0.307 e. The van der Waals surface area contributed by atoms with Gasteiger partial charge in [-0.3, -0.25) is 4.79 Å². The van der Waals surface area contributed by atoms with Gasteiger partial charge in [-0.15, -0.1) is 0 Å². The summed E-state index contributed by atoms with van der Waals surface area (Å²) in [6.07, 6.45) is 2.62. The van der Waals surface area contributed by atoms with E-state index in [1.165, 1.54) is 0 Å². The van der Waals surface area contributed by atoms with Crippen molar-refractivity contribution in [3.8, 4) is 0 Å². The third-order valence-corrected chi connectivity index (χ3v) is 1.31. The summed E-state index contributed by atoms with van der Waals surface area (Å²) in [5.74, 6) is -0.155. The molecule has 58 valence electrons. The second kappa shape index (κ2) is 3.01. The minimum absolute atomic E-state index is 0.0775. The predicted octanol–water partition coefficient (Wildman–Crippen LogP) is 0.429. The molecule has 3 nitrogen and oxygen atoms in total. The quantitative estimate of drug-likeness (QED) is 0.583. The normalized spacial score (nSPS) is 20.2. The zero-order valence-electron chi connectivity index (χ0n) is 6.17. The van der Waals surface area contributed by atoms with Crippen molar-refractivity contribution in [3.63, 3.8) is 0 Å². The maximum Gasteiger partial charge on any atom is 0.307 e. The largest absolute Gasteiger partial charge is 0.462 e. The summed E-state index contributed by atoms with van der Waals surface area (Å²) >= 11 is 0. The standard InChI is InChI=1S/C7H13NO2/c1-5(8)4-7(9)10-6-2-3-6/h5-6H,2-4,8H2,1H3. The number of hydrogen-bond acceptors (Lipinski definition) is 3. The summed E-state index contributed by atoms with van der Waals surface area (Å²) < 4.78 is 4.95. The molecule has 0 spiro atoms. The van der Waals surface area contributed by atoms with Crippen LogP contribution in [-0.2, 0) is 9.53 Å². The van der Waals surface area contributed by atoms with Crippen molar-refractivity contribution >= 4 is 5.97 Å². The summed E-state index contributed by atoms with van der Waals surface area (Å²) in [6, 6.07) is -0.0775. The lowest BCUT2D eigenvalue weighted by Crippen LogP contribution is -2.21. The van der Waals surface area contributed by atoms with Gasteiger partial charge in [0.2, 0.25) is 0 Å². The van der Waals surface area contributed by atoms with E-state index in [9.17, 15) is 4.79 Å². The van der Waals surface area contributed by atoms with Crippen molar-refractivity contribution in [2.24, 2.45) is 5.73 Å². The topological polar surface area (TPSA) is 52.3 Å². The van der Waals surface area contributed by atoms with Gasteiger partial charge >= 0.3 is 5.97 Å². The molecule has 2 N–H and O–H groups in total. The van der Waals surface area contributed by atoms with Crippen molar-refractivity contribution in [3.05, 3.63) is 0 Å². The summed E-state index contributed by atoms with van der Waals surface area (Å²) in [7, 11) is 0. The van der Waals surface area contributed by atoms with E-state index >= 15 is 0 Å². The molecule has 0 amide bonds. The van der Waals surface area contributed by atoms with Crippen LogP contribution < -0.4 is 5.73 Å². The fourth-order valence-corrected chi connectivity index (χ4v) is 0.683. The van der Waals surface area contributed by atoms with E-state index in [1.807, 2.05) is 0 Å². The van der Waals surface area contributed by atoms with Gasteiger partial charge in [0.1, 0.15) is 6.10 Å². The first kappa shape index (κ1) is 7.54. The minimum atomic E-state index is -0.155. The van der Waals surface area contributed by atoms with Gasteiger partial charge < -0.3 is 10.5 Å². The van der Waals surface area contributed by atoms with Gasteiger partial charge in [0.25, 0.3) is 0 Å². The minimum Gasteiger partial charge on any atom is -0.462 e. The molecular formula is C7H13NO2. The molecule has 0 aromatic rings. The fraction of sp³-hybridized carbons (Fsp3) is 0.857. The van der Waals surface area contributed by atoms with Crippen molar-refractivity contribution in [1.29, 1.82) is 0 Å². The predicted molar refractivity (Wildman–Crippen MR) is 37.4 cm³/mol. The number of esters is 1. The highest BCUT2D eigenvalue weighted by molar-refractivity contribution is 5.70. The van der Waals surface area contributed by atoms with Crippen LogP contribution in [0.1, 0.15) is 26.2 Å². The number of carbonyl (C=O) groups excluding carboxylic acids is 1. The van der Waals surface area contributed by atoms with Gasteiger partial charge in [-0.25, -0.2) is 0 Å². The first-order valence-electron chi connectivity index (χ1n) is 3.63. The Labute approximate surface area is 60.5 Å². The zero-order valence-corrected chi connectivity index (χ0v) is 6.17. The molecule has 0 aromatic heterocycles. The lowest BCUT2D eigenvalue weighted by Gasteiger charge is -2.04. The lowest BCUT2D eigenvalue weighted by atomic mass is 10.3. The van der Waals surface area contributed by atoms with Crippen LogP contribution in [0.5, 0.6) is 0 Å². The van der Waals surface area contributed by atoms with E-state index in [0.29, 0.717) is 6.42 Å². The van der Waals surface area contributed by atoms with Gasteiger partial charge in [-0.1, -0.05) is 0 Å². The molecule has 10 heavy (non-hydrogen) atoms. The SMILES string of the molecule is CC(N)CC(=O)OC1CC1. The highest BCUT2D eigenvalue weighted by atomic mass is 16.5. The van der Waals surface area contributed by atoms with E-state index in [1.54, 1.807) is 6.92 Å². The summed E-state index contributed by atoms with van der Waals surface area (Å²) in [6.45, 7) is 1.80. The Morgan fingerprint density at radius 1 is 1.80 bits per heavy atom. The Bertz CT molecular complexity index is 124. The van der Waals surface area contributed by atoms with E-state index in [2.05, 4.69) is 0 Å². The monoisotopic (exact) mass is 143 g/mol. The molecule has 0 radical (unpaired) electrons. The van der Waals surface area contributed by atoms with Gasteiger partial charge in [-0.05, 0) is 19.8 Å². The molecule has 0 aliphatic heterocycles. The van der Waals surface area contributed by atoms with Crippen LogP contribution in [0.2, 0.25) is 0 Å². The maximum absolute atomic E-state index is 10.8. The molecule has 1 unspecified atom stereocenters. The first-order chi connectivity index (χ1) is 4.68. The fourth-order valence-electron chi connectivity index (χ4n) is 0.683. The highest BCUT2D eigenvalue weighted by Gasteiger charge is 2.25. The second-order valence-corrected chi connectivity index (χ2v) is 2.87. The van der Waals surface area contributed by atoms with Crippen LogP contribution in [0.15, 0.2) is 0 Å². The molecule has 3 heteroatoms. The molecule has 1 fully saturated rings. The summed E-state index contributed by atoms with van der Waals surface area (Å²) in [5.41, 5.74) is 5.39. The summed E-state index contributed by atoms with van der Waals surface area (Å²) in [5, 5.41) is 0. The number of hydrogen-bond donors (Lipinski definition) is 1. The number of rotatable bonds is 3. The van der Waals surface area contributed by atoms with Crippen LogP contribution in [0.4, 0.5) is 0 Å². The van der Waals surface area contributed by atoms with Crippen LogP contribution in [0, 0.1) is 0 Å². The van der Waals surface area contributed by atoms with Crippen molar-refractivity contribution in [1.82, 2.24) is 0 Å². The molecule has 1 saturated carbocycles. The van der Waals surface area contributed by atoms with Crippen LogP contribution in [0.25, 0.3) is 0 Å². The number of ether oxygens (including phenoxy) is 1. The van der Waals surface area contributed by atoms with Crippen LogP contribution in [0.3, 0.4) is 0 Å². The molecular weight excluding hydrogens is 130 g/mol. The van der Waals surface area contributed by atoms with E-state index < -0.39 is 0 Å². The molecule has 1 atom stereocenters. The summed E-state index contributed by atoms with van der Waals surface area (Å²) in [4.78, 5) is 10.8. The Morgan fingerprint density at radius 3 is 2.80 bits per heavy atom. The molecule has 1 aliphatic carbocycles. The molecule has 0 aromatic carbocycles. The highest BCUT2D eigenvalue weighted by Crippen LogP contribution is 2.23. The van der Waals surface area contributed by atoms with Gasteiger partial charge in [0, 0.05) is 6.04 Å². The maximum atomic E-state index is 10.8. The second-order valence-electron chi connectivity index (χ2n) is 2.87. The van der Waals surface area contributed by atoms with Crippen molar-refractivity contribution < 1.29 is 9.53 Å². The van der Waals surface area contributed by atoms with Gasteiger partial charge in [0.15, 0.2) is 0 Å². The average molecular weight is 143 g/mol. The van der Waals surface area contributed by atoms with E-state index in [4.69, 9.17) is 10.5 Å². The Balaban J connectivity index is 2.08. The van der Waals surface area contributed by atoms with Gasteiger partial charge in [-0.2, -0.15) is 0 Å². The van der Waals surface area contributed by atoms with Crippen LogP contribution in [-0.4, -0.2) is 18.1 Å². The van der Waals surface area contributed by atoms with Crippen molar-refractivity contribution in [2.75, 3.05) is 0 Å². The molecule has 1 aliphatic rings. The Hall–Kier alpha value is -0.570. The average Bonchev–Trinajstić information content (AvgIpc) is 2.46. The Kier molecular flexibility index (Phi) is 2.27. The molecule has 0 bridgehead atoms. The molecule has 0 saturated heterocycles. The first-order valence-corrected chi connectivity index (χ1v) is 3.63. The lowest BCUT2D eigenvalue weighted by molar-refractivity contribution is -0.145. The third kappa shape index (κ3) is 2.82. The van der Waals surface area contributed by atoms with Gasteiger partial charge in [0.05, 0.1) is 6.42 Å². The van der Waals surface area contributed by atoms with E-state index in [0.717, 1.165) is 12.8 Å². The molecule has 0 heterocycles. The van der Waals surface area contributed by atoms with Crippen molar-refractivity contribution in [2.45, 2.75) is 38.3 Å². The Morgan fingerprint density at radius 2 is 2.40 bits per heavy atom. The third-order valence-electron chi connectivity index (χ3n) is 1.31. The van der Waals surface area contributed by atoms with Crippen LogP contribution >= 0.6 is 0 Å². The van der Waals surface area contributed by atoms with E-state index in [-0.39, 0.29) is 18.1 Å². The zero-order chi connectivity index (χ0) is 7.56. The molecule has 1 rings (SSSR count). The number of carbonyl (C=O) groups is 1.